The summed E-state index contributed by atoms with van der Waals surface area (Å²) in [6.07, 6.45) is 1.50. The Morgan fingerprint density at radius 3 is 2.80 bits per heavy atom. The predicted molar refractivity (Wildman–Crippen MR) is 59.4 cm³/mol. The molecule has 1 aliphatic heterocycles. The average Bonchev–Trinajstić information content (AvgIpc) is 2.18. The van der Waals surface area contributed by atoms with E-state index < -0.39 is 5.54 Å². The number of hydrogen-bond acceptors (Lipinski definition) is 3. The Balaban J connectivity index is 2.75. The van der Waals surface area contributed by atoms with Crippen molar-refractivity contribution in [3.05, 3.63) is 0 Å². The van der Waals surface area contributed by atoms with Crippen LogP contribution in [0.3, 0.4) is 0 Å². The van der Waals surface area contributed by atoms with Crippen LogP contribution >= 0.6 is 0 Å². The lowest BCUT2D eigenvalue weighted by atomic mass is 9.82. The van der Waals surface area contributed by atoms with Crippen LogP contribution in [0, 0.1) is 5.92 Å². The predicted octanol–water partition coefficient (Wildman–Crippen LogP) is 0.655. The van der Waals surface area contributed by atoms with Crippen molar-refractivity contribution in [3.63, 3.8) is 0 Å². The van der Waals surface area contributed by atoms with E-state index in [1.807, 2.05) is 6.92 Å². The van der Waals surface area contributed by atoms with Crippen molar-refractivity contribution in [1.82, 2.24) is 5.32 Å². The number of nitrogens with one attached hydrogen (secondary N) is 1. The molecule has 0 saturated carbocycles. The number of likely N-dealkylation sites (N-methyl/N-ethyl adjacent to an activating group) is 1. The monoisotopic (exact) mass is 214 g/mol. The Morgan fingerprint density at radius 1 is 1.67 bits per heavy atom. The van der Waals surface area contributed by atoms with Crippen LogP contribution in [0.5, 0.6) is 0 Å². The van der Waals surface area contributed by atoms with Gasteiger partial charge in [0.25, 0.3) is 0 Å². The van der Waals surface area contributed by atoms with Crippen LogP contribution < -0.4 is 11.1 Å². The summed E-state index contributed by atoms with van der Waals surface area (Å²) in [5.74, 6) is 0.168. The van der Waals surface area contributed by atoms with Crippen LogP contribution in [0.4, 0.5) is 0 Å². The molecule has 1 amide bonds. The lowest BCUT2D eigenvalue weighted by molar-refractivity contribution is -0.133. The quantitative estimate of drug-likeness (QED) is 0.722. The highest BCUT2D eigenvalue weighted by Crippen LogP contribution is 2.28. The fraction of sp³-hybridized carbons (Fsp3) is 0.909. The van der Waals surface area contributed by atoms with Crippen molar-refractivity contribution in [3.8, 4) is 0 Å². The molecule has 0 aromatic carbocycles. The van der Waals surface area contributed by atoms with Crippen LogP contribution in [0.15, 0.2) is 0 Å². The van der Waals surface area contributed by atoms with Gasteiger partial charge in [0.15, 0.2) is 0 Å². The molecule has 0 bridgehead atoms. The minimum Gasteiger partial charge on any atom is -0.378 e. The molecule has 0 aromatic heterocycles. The highest BCUT2D eigenvalue weighted by Gasteiger charge is 2.42. The molecule has 4 nitrogen and oxygen atoms in total. The lowest BCUT2D eigenvalue weighted by Gasteiger charge is -2.40. The van der Waals surface area contributed by atoms with E-state index >= 15 is 0 Å². The first-order valence-electron chi connectivity index (χ1n) is 5.68. The fourth-order valence-electron chi connectivity index (χ4n) is 2.13. The normalized spacial score (nSPS) is 31.9. The van der Waals surface area contributed by atoms with Gasteiger partial charge in [-0.3, -0.25) is 4.79 Å². The summed E-state index contributed by atoms with van der Waals surface area (Å²) in [5.41, 5.74) is 4.94. The van der Waals surface area contributed by atoms with Gasteiger partial charge in [-0.1, -0.05) is 20.8 Å². The van der Waals surface area contributed by atoms with Crippen molar-refractivity contribution in [1.29, 1.82) is 0 Å². The first-order valence-corrected chi connectivity index (χ1v) is 5.68. The maximum Gasteiger partial charge on any atom is 0.237 e. The van der Waals surface area contributed by atoms with Gasteiger partial charge in [-0.25, -0.2) is 0 Å². The van der Waals surface area contributed by atoms with Crippen molar-refractivity contribution < 1.29 is 9.53 Å². The first kappa shape index (κ1) is 12.5. The van der Waals surface area contributed by atoms with Gasteiger partial charge >= 0.3 is 0 Å². The van der Waals surface area contributed by atoms with Crippen molar-refractivity contribution in [2.24, 2.45) is 11.7 Å². The highest BCUT2D eigenvalue weighted by molar-refractivity contribution is 5.84. The molecule has 0 radical (unpaired) electrons. The Labute approximate surface area is 91.5 Å². The maximum atomic E-state index is 11.5. The molecule has 1 rings (SSSR count). The molecule has 0 aromatic rings. The van der Waals surface area contributed by atoms with Gasteiger partial charge in [-0.15, -0.1) is 0 Å². The molecule has 3 N–H and O–H groups in total. The molecule has 0 aliphatic carbocycles. The number of ether oxygens (including phenoxy) is 1. The Bertz CT molecular complexity index is 227. The van der Waals surface area contributed by atoms with Crippen molar-refractivity contribution in [2.45, 2.75) is 45.3 Å². The second-order valence-electron chi connectivity index (χ2n) is 4.58. The van der Waals surface area contributed by atoms with Crippen LogP contribution in [0.2, 0.25) is 0 Å². The molecular formula is C11H22N2O2. The van der Waals surface area contributed by atoms with Gasteiger partial charge in [0.1, 0.15) is 5.54 Å². The molecule has 4 heteroatoms. The van der Waals surface area contributed by atoms with E-state index in [0.717, 1.165) is 6.54 Å². The zero-order chi connectivity index (χ0) is 11.5. The molecule has 88 valence electrons. The average molecular weight is 214 g/mol. The van der Waals surface area contributed by atoms with Crippen LogP contribution in [-0.4, -0.2) is 30.7 Å². The summed E-state index contributed by atoms with van der Waals surface area (Å²) in [7, 11) is 0. The number of nitrogens with two attached hydrogens (primary N) is 1. The van der Waals surface area contributed by atoms with Crippen LogP contribution in [0.1, 0.15) is 33.6 Å². The van der Waals surface area contributed by atoms with Gasteiger partial charge in [-0.05, 0) is 18.9 Å². The van der Waals surface area contributed by atoms with E-state index in [9.17, 15) is 4.79 Å². The van der Waals surface area contributed by atoms with Gasteiger partial charge in [0.2, 0.25) is 5.91 Å². The second kappa shape index (κ2) is 4.94. The SMILES string of the molecule is CCNC1(C(N)=O)CCOC(C(C)C)C1. The van der Waals surface area contributed by atoms with Crippen LogP contribution in [0.25, 0.3) is 0 Å². The third-order valence-corrected chi connectivity index (χ3v) is 3.14. The van der Waals surface area contributed by atoms with Gasteiger partial charge < -0.3 is 15.8 Å². The minimum atomic E-state index is -0.554. The molecule has 1 heterocycles. The number of rotatable bonds is 4. The molecule has 2 atom stereocenters. The van der Waals surface area contributed by atoms with E-state index in [1.54, 1.807) is 0 Å². The van der Waals surface area contributed by atoms with E-state index in [1.165, 1.54) is 0 Å². The van der Waals surface area contributed by atoms with Gasteiger partial charge in [-0.2, -0.15) is 0 Å². The smallest absolute Gasteiger partial charge is 0.237 e. The zero-order valence-electron chi connectivity index (χ0n) is 9.88. The summed E-state index contributed by atoms with van der Waals surface area (Å²) in [6, 6.07) is 0. The van der Waals surface area contributed by atoms with Gasteiger partial charge in [0, 0.05) is 13.0 Å². The Morgan fingerprint density at radius 2 is 2.33 bits per heavy atom. The number of primary amides is 1. The third-order valence-electron chi connectivity index (χ3n) is 3.14. The number of carbonyl (C=O) groups excluding carboxylic acids is 1. The minimum absolute atomic E-state index is 0.130. The summed E-state index contributed by atoms with van der Waals surface area (Å²) in [4.78, 5) is 11.5. The van der Waals surface area contributed by atoms with Gasteiger partial charge in [0.05, 0.1) is 6.10 Å². The summed E-state index contributed by atoms with van der Waals surface area (Å²) < 4.78 is 5.64. The zero-order valence-corrected chi connectivity index (χ0v) is 9.88. The number of hydrogen-bond donors (Lipinski definition) is 2. The standard InChI is InChI=1S/C11H22N2O2/c1-4-13-11(10(12)14)5-6-15-9(7-11)8(2)3/h8-9,13H,4-7H2,1-3H3,(H2,12,14). The van der Waals surface area contributed by atoms with E-state index in [4.69, 9.17) is 10.5 Å². The molecule has 15 heavy (non-hydrogen) atoms. The molecule has 2 unspecified atom stereocenters. The third kappa shape index (κ3) is 2.69. The second-order valence-corrected chi connectivity index (χ2v) is 4.58. The molecule has 1 saturated heterocycles. The first-order chi connectivity index (χ1) is 7.02. The molecular weight excluding hydrogens is 192 g/mol. The highest BCUT2D eigenvalue weighted by atomic mass is 16.5. The Kier molecular flexibility index (Phi) is 4.11. The largest absolute Gasteiger partial charge is 0.378 e. The van der Waals surface area contributed by atoms with E-state index in [0.29, 0.717) is 25.4 Å². The Hall–Kier alpha value is -0.610. The maximum absolute atomic E-state index is 11.5. The van der Waals surface area contributed by atoms with Crippen molar-refractivity contribution in [2.75, 3.05) is 13.2 Å². The number of carbonyl (C=O) groups is 1. The van der Waals surface area contributed by atoms with E-state index in [2.05, 4.69) is 19.2 Å². The van der Waals surface area contributed by atoms with Crippen molar-refractivity contribution >= 4 is 5.91 Å². The number of amides is 1. The van der Waals surface area contributed by atoms with E-state index in [-0.39, 0.29) is 12.0 Å². The lowest BCUT2D eigenvalue weighted by Crippen LogP contribution is -2.60. The molecule has 0 spiro atoms. The topological polar surface area (TPSA) is 64.3 Å². The molecule has 1 aliphatic rings. The van der Waals surface area contributed by atoms with Crippen LogP contribution in [-0.2, 0) is 9.53 Å². The molecule has 1 fully saturated rings. The summed E-state index contributed by atoms with van der Waals surface area (Å²) in [6.45, 7) is 7.57. The summed E-state index contributed by atoms with van der Waals surface area (Å²) in [5, 5.41) is 3.23. The fourth-order valence-corrected chi connectivity index (χ4v) is 2.13. The summed E-state index contributed by atoms with van der Waals surface area (Å²) >= 11 is 0.